The van der Waals surface area contributed by atoms with Crippen LogP contribution in [0.15, 0.2) is 95.9 Å². The molecule has 0 saturated carbocycles. The van der Waals surface area contributed by atoms with Crippen LogP contribution >= 0.6 is 0 Å². The second-order valence-corrected chi connectivity index (χ2v) is 12.2. The van der Waals surface area contributed by atoms with Crippen molar-refractivity contribution in [3.63, 3.8) is 0 Å². The summed E-state index contributed by atoms with van der Waals surface area (Å²) < 4.78 is 7.18. The Labute approximate surface area is 253 Å². The second-order valence-electron chi connectivity index (χ2n) is 12.2. The average Bonchev–Trinajstić information content (AvgIpc) is 3.57. The van der Waals surface area contributed by atoms with Gasteiger partial charge in [-0.2, -0.15) is 0 Å². The lowest BCUT2D eigenvalue weighted by Gasteiger charge is -2.39. The maximum Gasteiger partial charge on any atom is 0.243 e. The molecule has 10 nitrogen and oxygen atoms in total. The number of pyridine rings is 1. The Balaban J connectivity index is 1.18. The molecule has 1 aliphatic carbocycles. The molecule has 1 fully saturated rings. The molecule has 0 bridgehead atoms. The summed E-state index contributed by atoms with van der Waals surface area (Å²) in [7, 11) is 6.58. The summed E-state index contributed by atoms with van der Waals surface area (Å²) >= 11 is 0. The summed E-state index contributed by atoms with van der Waals surface area (Å²) in [6.07, 6.45) is 15.1. The summed E-state index contributed by atoms with van der Waals surface area (Å²) in [5, 5.41) is 16.9. The van der Waals surface area contributed by atoms with Crippen LogP contribution in [0.1, 0.15) is 18.4 Å². The average molecular weight is 579 g/mol. The van der Waals surface area contributed by atoms with Gasteiger partial charge >= 0.3 is 0 Å². The highest BCUT2D eigenvalue weighted by atomic mass is 15.4. The largest absolute Gasteiger partial charge is 0.397 e. The predicted molar refractivity (Wildman–Crippen MR) is 173 cm³/mol. The van der Waals surface area contributed by atoms with Crippen LogP contribution in [0, 0.1) is 5.41 Å². The number of rotatable bonds is 9. The van der Waals surface area contributed by atoms with E-state index in [0.717, 1.165) is 79.2 Å². The number of imidazole rings is 1. The number of unbranched alkanes of at least 4 members (excludes halogenated alkanes) is 1. The normalized spacial score (nSPS) is 17.8. The van der Waals surface area contributed by atoms with Crippen molar-refractivity contribution < 1.29 is 9.05 Å². The number of nitrogens with zero attached hydrogens (tertiary/aromatic N) is 7. The Bertz CT molecular complexity index is 1710. The molecule has 4 heterocycles. The molecular formula is C33H42N10+2. The quantitative estimate of drug-likeness (QED) is 0.122. The molecule has 1 saturated heterocycles. The summed E-state index contributed by atoms with van der Waals surface area (Å²) in [6, 6.07) is 14.5. The van der Waals surface area contributed by atoms with E-state index >= 15 is 0 Å². The van der Waals surface area contributed by atoms with Gasteiger partial charge in [-0.15, -0.1) is 5.10 Å². The fourth-order valence-corrected chi connectivity index (χ4v) is 5.61. The van der Waals surface area contributed by atoms with Crippen molar-refractivity contribution >= 4 is 34.1 Å². The van der Waals surface area contributed by atoms with Crippen molar-refractivity contribution in [3.05, 3.63) is 96.5 Å². The highest BCUT2D eigenvalue weighted by Crippen LogP contribution is 2.34. The van der Waals surface area contributed by atoms with Gasteiger partial charge in [0.05, 0.1) is 82.2 Å². The van der Waals surface area contributed by atoms with Gasteiger partial charge in [-0.1, -0.05) is 18.2 Å². The smallest absolute Gasteiger partial charge is 0.243 e. The van der Waals surface area contributed by atoms with E-state index in [1.807, 2.05) is 42.0 Å². The monoisotopic (exact) mass is 578 g/mol. The maximum atomic E-state index is 8.59. The lowest BCUT2D eigenvalue weighted by Crippen LogP contribution is -2.55. The molecule has 0 spiro atoms. The summed E-state index contributed by atoms with van der Waals surface area (Å²) in [4.78, 5) is 7.41. The fraction of sp³-hybridized carbons (Fsp3) is 0.333. The van der Waals surface area contributed by atoms with Gasteiger partial charge in [0, 0.05) is 11.9 Å². The minimum absolute atomic E-state index is 0.329. The highest BCUT2D eigenvalue weighted by Gasteiger charge is 2.28. The third-order valence-electron chi connectivity index (χ3n) is 8.33. The van der Waals surface area contributed by atoms with E-state index in [2.05, 4.69) is 76.4 Å². The molecule has 6 rings (SSSR count). The Morgan fingerprint density at radius 2 is 1.84 bits per heavy atom. The van der Waals surface area contributed by atoms with E-state index in [-0.39, 0.29) is 0 Å². The van der Waals surface area contributed by atoms with Gasteiger partial charge in [0.15, 0.2) is 5.82 Å². The number of hydrogen-bond acceptors (Lipinski definition) is 6. The highest BCUT2D eigenvalue weighted by molar-refractivity contribution is 6.24. The number of nitrogens with two attached hydrogens (primary N) is 1. The standard InChI is InChI=1S/C33H42N10/c1-39-16-17-40(24-39)14-6-4-8-25-10-12-26(13-11-25)36-29-23-30(28(35)22-27(29)34)37-32-31-9-5-7-15-42(31)38-33(32)41-18-20-43(2,3)21-19-41/h5,7,9-13,15-17,22-24,34,36H,4,6,8,14,18-21,35H2,1-3H3/q+2. The van der Waals surface area contributed by atoms with Gasteiger partial charge in [-0.25, -0.2) is 18.6 Å². The van der Waals surface area contributed by atoms with Crippen LogP contribution in [0.2, 0.25) is 0 Å². The number of hydrogen-bond donors (Lipinski definition) is 3. The SMILES string of the molecule is C[n+]1ccn(CCCCc2ccc(NC3=CC(=Nc4c(N5CC[N+](C)(C)CC5)nn5ccccc45)C(N)=CC3=N)cc2)c1. The lowest BCUT2D eigenvalue weighted by molar-refractivity contribution is -0.890. The molecule has 1 aromatic carbocycles. The van der Waals surface area contributed by atoms with Crippen molar-refractivity contribution in [3.8, 4) is 0 Å². The van der Waals surface area contributed by atoms with Crippen molar-refractivity contribution in [2.75, 3.05) is 50.5 Å². The van der Waals surface area contributed by atoms with Crippen molar-refractivity contribution in [1.29, 1.82) is 5.41 Å². The first-order valence-electron chi connectivity index (χ1n) is 15.0. The molecule has 222 valence electrons. The van der Waals surface area contributed by atoms with Gasteiger partial charge in [0.1, 0.15) is 18.1 Å². The number of fused-ring (bicyclic) bond motifs is 1. The number of aromatic nitrogens is 4. The molecule has 3 aromatic heterocycles. The van der Waals surface area contributed by atoms with Crippen LogP contribution in [0.4, 0.5) is 17.2 Å². The third-order valence-corrected chi connectivity index (χ3v) is 8.33. The molecule has 2 aliphatic rings. The van der Waals surface area contributed by atoms with Crippen LogP contribution in [-0.4, -0.2) is 70.4 Å². The number of anilines is 2. The molecule has 0 atom stereocenters. The number of likely N-dealkylation sites (N-methyl/N-ethyl adjacent to an activating group) is 1. The maximum absolute atomic E-state index is 8.59. The Morgan fingerprint density at radius 3 is 2.58 bits per heavy atom. The Morgan fingerprint density at radius 1 is 1.05 bits per heavy atom. The molecule has 0 radical (unpaired) electrons. The summed E-state index contributed by atoms with van der Waals surface area (Å²) in [6.45, 7) is 4.94. The van der Waals surface area contributed by atoms with Crippen LogP contribution in [0.25, 0.3) is 5.52 Å². The fourth-order valence-electron chi connectivity index (χ4n) is 5.61. The van der Waals surface area contributed by atoms with Crippen LogP contribution in [0.5, 0.6) is 0 Å². The Kier molecular flexibility index (Phi) is 7.86. The number of piperazine rings is 1. The van der Waals surface area contributed by atoms with Gasteiger partial charge in [-0.05, 0) is 61.2 Å². The zero-order valence-corrected chi connectivity index (χ0v) is 25.4. The Hall–Kier alpha value is -4.70. The van der Waals surface area contributed by atoms with Crippen molar-refractivity contribution in [2.24, 2.45) is 17.8 Å². The molecule has 0 unspecified atom stereocenters. The van der Waals surface area contributed by atoms with E-state index in [9.17, 15) is 0 Å². The first-order chi connectivity index (χ1) is 20.7. The minimum atomic E-state index is 0.329. The number of benzene rings is 1. The first kappa shape index (κ1) is 28.4. The van der Waals surface area contributed by atoms with Gasteiger partial charge in [-0.3, -0.25) is 5.41 Å². The topological polar surface area (TPSA) is 104 Å². The van der Waals surface area contributed by atoms with Crippen LogP contribution in [-0.2, 0) is 20.0 Å². The zero-order chi connectivity index (χ0) is 30.0. The molecule has 4 N–H and O–H groups in total. The van der Waals surface area contributed by atoms with Crippen molar-refractivity contribution in [1.82, 2.24) is 14.2 Å². The first-order valence-corrected chi connectivity index (χ1v) is 15.0. The minimum Gasteiger partial charge on any atom is -0.397 e. The molecular weight excluding hydrogens is 536 g/mol. The number of allylic oxidation sites excluding steroid dienone is 2. The summed E-state index contributed by atoms with van der Waals surface area (Å²) in [5.41, 5.74) is 12.5. The molecule has 0 amide bonds. The van der Waals surface area contributed by atoms with E-state index in [4.69, 9.17) is 21.2 Å². The lowest BCUT2D eigenvalue weighted by atomic mass is 10.0. The van der Waals surface area contributed by atoms with E-state index < -0.39 is 0 Å². The third kappa shape index (κ3) is 6.54. The van der Waals surface area contributed by atoms with E-state index in [1.54, 1.807) is 6.08 Å². The van der Waals surface area contributed by atoms with Gasteiger partial charge < -0.3 is 20.4 Å². The second kappa shape index (κ2) is 11.9. The number of quaternary nitrogens is 1. The zero-order valence-electron chi connectivity index (χ0n) is 25.4. The predicted octanol–water partition coefficient (Wildman–Crippen LogP) is 3.82. The molecule has 1 aliphatic heterocycles. The molecule has 43 heavy (non-hydrogen) atoms. The molecule has 10 heteroatoms. The van der Waals surface area contributed by atoms with Crippen molar-refractivity contribution in [2.45, 2.75) is 25.8 Å². The number of aryl methyl sites for hydroxylation is 3. The number of aliphatic imine (C=N–C) groups is 1. The molecule has 4 aromatic rings. The van der Waals surface area contributed by atoms with E-state index in [0.29, 0.717) is 22.8 Å². The number of nitrogens with one attached hydrogen (secondary N) is 2. The van der Waals surface area contributed by atoms with Gasteiger partial charge in [0.2, 0.25) is 6.33 Å². The van der Waals surface area contributed by atoms with Gasteiger partial charge in [0.25, 0.3) is 0 Å². The van der Waals surface area contributed by atoms with Crippen LogP contribution < -0.4 is 20.5 Å². The van der Waals surface area contributed by atoms with Crippen LogP contribution in [0.3, 0.4) is 0 Å². The summed E-state index contributed by atoms with van der Waals surface area (Å²) in [5.74, 6) is 0.868. The van der Waals surface area contributed by atoms with E-state index in [1.165, 1.54) is 5.56 Å².